The molecule has 4 rings (SSSR count). The Morgan fingerprint density at radius 3 is 2.37 bits per heavy atom. The maximum atomic E-state index is 13.0. The molecule has 0 aliphatic heterocycles. The SMILES string of the molecule is Fc1ccc(CNc2nc(-c3ccccn3)n(Cc3ccccc3)n2)cc1. The van der Waals surface area contributed by atoms with Gasteiger partial charge >= 0.3 is 0 Å². The van der Waals surface area contributed by atoms with Gasteiger partial charge in [-0.25, -0.2) is 9.07 Å². The van der Waals surface area contributed by atoms with Crippen LogP contribution in [0, 0.1) is 5.82 Å². The molecule has 2 aromatic heterocycles. The molecule has 1 N–H and O–H groups in total. The Bertz CT molecular complexity index is 998. The molecule has 0 atom stereocenters. The number of hydrogen-bond acceptors (Lipinski definition) is 4. The second kappa shape index (κ2) is 7.78. The normalized spacial score (nSPS) is 10.7. The fourth-order valence-electron chi connectivity index (χ4n) is 2.75. The van der Waals surface area contributed by atoms with Gasteiger partial charge in [-0.05, 0) is 35.4 Å². The molecule has 0 saturated carbocycles. The van der Waals surface area contributed by atoms with Crippen molar-refractivity contribution in [2.24, 2.45) is 0 Å². The number of halogens is 1. The molecule has 0 spiro atoms. The second-order valence-corrected chi connectivity index (χ2v) is 6.10. The lowest BCUT2D eigenvalue weighted by atomic mass is 10.2. The Morgan fingerprint density at radius 2 is 1.63 bits per heavy atom. The van der Waals surface area contributed by atoms with E-state index < -0.39 is 0 Å². The molecule has 0 aliphatic rings. The summed E-state index contributed by atoms with van der Waals surface area (Å²) < 4.78 is 14.9. The number of anilines is 1. The number of aromatic nitrogens is 4. The molecule has 4 aromatic rings. The molecule has 0 unspecified atom stereocenters. The van der Waals surface area contributed by atoms with E-state index in [0.29, 0.717) is 24.9 Å². The molecule has 5 nitrogen and oxygen atoms in total. The van der Waals surface area contributed by atoms with Gasteiger partial charge in [-0.2, -0.15) is 4.98 Å². The predicted octanol–water partition coefficient (Wildman–Crippen LogP) is 4.14. The molecule has 0 amide bonds. The van der Waals surface area contributed by atoms with Gasteiger partial charge in [0.25, 0.3) is 0 Å². The van der Waals surface area contributed by atoms with Gasteiger partial charge in [-0.15, -0.1) is 5.10 Å². The summed E-state index contributed by atoms with van der Waals surface area (Å²) in [7, 11) is 0. The summed E-state index contributed by atoms with van der Waals surface area (Å²) in [5, 5.41) is 7.80. The first-order valence-corrected chi connectivity index (χ1v) is 8.66. The van der Waals surface area contributed by atoms with Gasteiger partial charge in [0.15, 0.2) is 5.82 Å². The van der Waals surface area contributed by atoms with Crippen molar-refractivity contribution in [1.82, 2.24) is 19.7 Å². The molecule has 27 heavy (non-hydrogen) atoms. The highest BCUT2D eigenvalue weighted by molar-refractivity contribution is 5.51. The van der Waals surface area contributed by atoms with E-state index in [1.807, 2.05) is 41.1 Å². The lowest BCUT2D eigenvalue weighted by Crippen LogP contribution is -2.05. The van der Waals surface area contributed by atoms with Crippen molar-refractivity contribution < 1.29 is 4.39 Å². The number of rotatable bonds is 6. The Labute approximate surface area is 156 Å². The largest absolute Gasteiger partial charge is 0.349 e. The third-order valence-electron chi connectivity index (χ3n) is 4.10. The molecule has 134 valence electrons. The zero-order valence-corrected chi connectivity index (χ0v) is 14.6. The van der Waals surface area contributed by atoms with Gasteiger partial charge in [0, 0.05) is 12.7 Å². The number of hydrogen-bond donors (Lipinski definition) is 1. The van der Waals surface area contributed by atoms with Crippen molar-refractivity contribution in [3.8, 4) is 11.5 Å². The van der Waals surface area contributed by atoms with Crippen LogP contribution >= 0.6 is 0 Å². The van der Waals surface area contributed by atoms with Crippen molar-refractivity contribution in [1.29, 1.82) is 0 Å². The zero-order chi connectivity index (χ0) is 18.5. The highest BCUT2D eigenvalue weighted by atomic mass is 19.1. The molecule has 0 saturated heterocycles. The molecule has 0 bridgehead atoms. The van der Waals surface area contributed by atoms with Gasteiger partial charge < -0.3 is 5.32 Å². The third kappa shape index (κ3) is 4.17. The van der Waals surface area contributed by atoms with Crippen molar-refractivity contribution in [2.75, 3.05) is 5.32 Å². The minimum Gasteiger partial charge on any atom is -0.349 e. The van der Waals surface area contributed by atoms with E-state index in [0.717, 1.165) is 16.8 Å². The van der Waals surface area contributed by atoms with Crippen LogP contribution in [0.5, 0.6) is 0 Å². The smallest absolute Gasteiger partial charge is 0.242 e. The van der Waals surface area contributed by atoms with E-state index in [9.17, 15) is 4.39 Å². The number of nitrogens with one attached hydrogen (secondary N) is 1. The summed E-state index contributed by atoms with van der Waals surface area (Å²) in [6.07, 6.45) is 1.74. The first kappa shape index (κ1) is 16.9. The Hall–Kier alpha value is -3.54. The standard InChI is InChI=1S/C21H18FN5/c22-18-11-9-16(10-12-18)14-24-21-25-20(19-8-4-5-13-23-19)27(26-21)15-17-6-2-1-3-7-17/h1-13H,14-15H2,(H,24,26). The number of benzene rings is 2. The maximum Gasteiger partial charge on any atom is 0.242 e. The number of pyridine rings is 1. The van der Waals surface area contributed by atoms with E-state index in [4.69, 9.17) is 0 Å². The van der Waals surface area contributed by atoms with Gasteiger partial charge in [0.05, 0.1) is 6.54 Å². The average Bonchev–Trinajstić information content (AvgIpc) is 3.12. The van der Waals surface area contributed by atoms with E-state index in [1.165, 1.54) is 12.1 Å². The maximum absolute atomic E-state index is 13.0. The van der Waals surface area contributed by atoms with Crippen LogP contribution in [0.2, 0.25) is 0 Å². The summed E-state index contributed by atoms with van der Waals surface area (Å²) in [5.41, 5.74) is 2.84. The second-order valence-electron chi connectivity index (χ2n) is 6.10. The summed E-state index contributed by atoms with van der Waals surface area (Å²) in [6, 6.07) is 22.2. The van der Waals surface area contributed by atoms with Crippen molar-refractivity contribution in [2.45, 2.75) is 13.1 Å². The van der Waals surface area contributed by atoms with Crippen molar-refractivity contribution >= 4 is 5.95 Å². The molecular formula is C21H18FN5. The van der Waals surface area contributed by atoms with Crippen LogP contribution < -0.4 is 5.32 Å². The highest BCUT2D eigenvalue weighted by Crippen LogP contribution is 2.18. The van der Waals surface area contributed by atoms with E-state index in [2.05, 4.69) is 32.5 Å². The van der Waals surface area contributed by atoms with Crippen LogP contribution in [-0.2, 0) is 13.1 Å². The fraction of sp³-hybridized carbons (Fsp3) is 0.0952. The van der Waals surface area contributed by atoms with Gasteiger partial charge in [0.1, 0.15) is 11.5 Å². The average molecular weight is 359 g/mol. The monoisotopic (exact) mass is 359 g/mol. The Morgan fingerprint density at radius 1 is 0.852 bits per heavy atom. The van der Waals surface area contributed by atoms with Crippen LogP contribution in [0.4, 0.5) is 10.3 Å². The zero-order valence-electron chi connectivity index (χ0n) is 14.6. The van der Waals surface area contributed by atoms with E-state index >= 15 is 0 Å². The summed E-state index contributed by atoms with van der Waals surface area (Å²) in [6.45, 7) is 1.11. The minimum absolute atomic E-state index is 0.249. The van der Waals surface area contributed by atoms with Gasteiger partial charge in [-0.3, -0.25) is 4.98 Å². The number of nitrogens with zero attached hydrogens (tertiary/aromatic N) is 4. The Balaban J connectivity index is 1.59. The molecular weight excluding hydrogens is 341 g/mol. The third-order valence-corrected chi connectivity index (χ3v) is 4.10. The van der Waals surface area contributed by atoms with E-state index in [-0.39, 0.29) is 5.82 Å². The highest BCUT2D eigenvalue weighted by Gasteiger charge is 2.13. The first-order valence-electron chi connectivity index (χ1n) is 8.66. The van der Waals surface area contributed by atoms with Crippen LogP contribution in [0.15, 0.2) is 79.0 Å². The van der Waals surface area contributed by atoms with Crippen LogP contribution in [0.3, 0.4) is 0 Å². The topological polar surface area (TPSA) is 55.6 Å². The predicted molar refractivity (Wildman–Crippen MR) is 103 cm³/mol. The quantitative estimate of drug-likeness (QED) is 0.562. The fourth-order valence-corrected chi connectivity index (χ4v) is 2.75. The molecule has 2 heterocycles. The lowest BCUT2D eigenvalue weighted by Gasteiger charge is -2.05. The molecule has 0 radical (unpaired) electrons. The van der Waals surface area contributed by atoms with Gasteiger partial charge in [-0.1, -0.05) is 48.5 Å². The van der Waals surface area contributed by atoms with Crippen LogP contribution in [0.1, 0.15) is 11.1 Å². The van der Waals surface area contributed by atoms with Gasteiger partial charge in [0.2, 0.25) is 5.95 Å². The van der Waals surface area contributed by atoms with Crippen LogP contribution in [-0.4, -0.2) is 19.7 Å². The van der Waals surface area contributed by atoms with E-state index in [1.54, 1.807) is 18.3 Å². The Kier molecular flexibility index (Phi) is 4.87. The lowest BCUT2D eigenvalue weighted by molar-refractivity contribution is 0.627. The van der Waals surface area contributed by atoms with Crippen LogP contribution in [0.25, 0.3) is 11.5 Å². The first-order chi connectivity index (χ1) is 13.3. The summed E-state index contributed by atoms with van der Waals surface area (Å²) in [4.78, 5) is 9.01. The molecule has 2 aromatic carbocycles. The molecule has 0 fully saturated rings. The minimum atomic E-state index is -0.249. The molecule has 6 heteroatoms. The summed E-state index contributed by atoms with van der Waals surface area (Å²) >= 11 is 0. The van der Waals surface area contributed by atoms with Crippen molar-refractivity contribution in [3.05, 3.63) is 95.9 Å². The summed E-state index contributed by atoms with van der Waals surface area (Å²) in [5.74, 6) is 0.957. The molecule has 0 aliphatic carbocycles. The van der Waals surface area contributed by atoms with Crippen molar-refractivity contribution in [3.63, 3.8) is 0 Å².